The van der Waals surface area contributed by atoms with Crippen molar-refractivity contribution in [1.82, 2.24) is 5.32 Å². The monoisotopic (exact) mass is 378 g/mol. The van der Waals surface area contributed by atoms with Crippen molar-refractivity contribution < 1.29 is 33.9 Å². The van der Waals surface area contributed by atoms with Crippen LogP contribution in [0, 0.1) is 15.9 Å². The number of hydrogen-bond acceptors (Lipinski definition) is 6. The van der Waals surface area contributed by atoms with Crippen molar-refractivity contribution in [3.05, 3.63) is 32.6 Å². The number of phenols is 1. The third kappa shape index (κ3) is 5.45. The van der Waals surface area contributed by atoms with Crippen molar-refractivity contribution in [2.24, 2.45) is 0 Å². The smallest absolute Gasteiger partial charge is 0.408 e. The third-order valence-corrected chi connectivity index (χ3v) is 3.12. The number of phenolic OH excluding ortho intramolecular Hbond substituents is 1. The van der Waals surface area contributed by atoms with Crippen molar-refractivity contribution in [1.29, 1.82) is 0 Å². The van der Waals surface area contributed by atoms with Gasteiger partial charge in [-0.1, -0.05) is 11.6 Å². The molecule has 1 rings (SSSR count). The highest BCUT2D eigenvalue weighted by molar-refractivity contribution is 6.31. The zero-order chi connectivity index (χ0) is 19.5. The minimum Gasteiger partial charge on any atom is -0.502 e. The van der Waals surface area contributed by atoms with E-state index < -0.39 is 57.3 Å². The summed E-state index contributed by atoms with van der Waals surface area (Å²) in [5.74, 6) is -4.00. The molecule has 0 aliphatic rings. The maximum atomic E-state index is 13.6. The molecule has 1 aromatic rings. The van der Waals surface area contributed by atoms with E-state index in [0.717, 1.165) is 6.07 Å². The Labute approximate surface area is 146 Å². The number of nitro benzene ring substituents is 1. The van der Waals surface area contributed by atoms with Crippen molar-refractivity contribution in [3.63, 3.8) is 0 Å². The molecule has 0 fully saturated rings. The first kappa shape index (κ1) is 20.4. The molecule has 138 valence electrons. The van der Waals surface area contributed by atoms with Crippen LogP contribution in [0.4, 0.5) is 14.9 Å². The van der Waals surface area contributed by atoms with Gasteiger partial charge in [-0.15, -0.1) is 0 Å². The predicted octanol–water partition coefficient (Wildman–Crippen LogP) is 2.61. The fourth-order valence-electron chi connectivity index (χ4n) is 1.85. The molecule has 0 spiro atoms. The molecule has 0 saturated heterocycles. The van der Waals surface area contributed by atoms with Crippen LogP contribution in [-0.2, 0) is 16.0 Å². The van der Waals surface area contributed by atoms with Gasteiger partial charge in [0.2, 0.25) is 11.6 Å². The fraction of sp³-hybridized carbons (Fsp3) is 0.429. The van der Waals surface area contributed by atoms with Gasteiger partial charge < -0.3 is 20.3 Å². The summed E-state index contributed by atoms with van der Waals surface area (Å²) in [6.07, 6.45) is -1.62. The molecular weight excluding hydrogens is 363 g/mol. The molecule has 3 N–H and O–H groups in total. The molecular formula is C14H16ClFN2O7. The predicted molar refractivity (Wildman–Crippen MR) is 84.2 cm³/mol. The summed E-state index contributed by atoms with van der Waals surface area (Å²) in [6, 6.07) is -0.742. The van der Waals surface area contributed by atoms with Gasteiger partial charge in [-0.25, -0.2) is 9.59 Å². The topological polar surface area (TPSA) is 139 Å². The number of ether oxygens (including phenoxy) is 1. The van der Waals surface area contributed by atoms with E-state index in [4.69, 9.17) is 16.3 Å². The van der Waals surface area contributed by atoms with Crippen LogP contribution >= 0.6 is 11.6 Å². The number of nitrogens with zero attached hydrogens (tertiary/aromatic N) is 1. The lowest BCUT2D eigenvalue weighted by atomic mass is 10.0. The van der Waals surface area contributed by atoms with Gasteiger partial charge in [0.05, 0.1) is 9.95 Å². The Morgan fingerprint density at radius 1 is 1.48 bits per heavy atom. The van der Waals surface area contributed by atoms with E-state index in [1.54, 1.807) is 20.8 Å². The van der Waals surface area contributed by atoms with E-state index in [9.17, 15) is 34.3 Å². The van der Waals surface area contributed by atoms with Crippen molar-refractivity contribution in [2.75, 3.05) is 0 Å². The maximum Gasteiger partial charge on any atom is 0.408 e. The molecule has 0 aromatic heterocycles. The Balaban J connectivity index is 3.13. The van der Waals surface area contributed by atoms with Gasteiger partial charge in [0.25, 0.3) is 0 Å². The number of carboxylic acid groups (broad SMARTS) is 1. The van der Waals surface area contributed by atoms with E-state index in [-0.39, 0.29) is 5.56 Å². The second kappa shape index (κ2) is 7.51. The van der Waals surface area contributed by atoms with E-state index in [1.807, 2.05) is 0 Å². The lowest BCUT2D eigenvalue weighted by Gasteiger charge is -2.22. The molecule has 0 saturated carbocycles. The minimum absolute atomic E-state index is 0.318. The number of halogens is 2. The first-order valence-electron chi connectivity index (χ1n) is 6.90. The minimum atomic E-state index is -1.60. The van der Waals surface area contributed by atoms with Gasteiger partial charge in [0.1, 0.15) is 11.6 Å². The first-order valence-corrected chi connectivity index (χ1v) is 7.27. The van der Waals surface area contributed by atoms with Crippen molar-refractivity contribution >= 4 is 29.4 Å². The molecule has 25 heavy (non-hydrogen) atoms. The second-order valence-corrected chi connectivity index (χ2v) is 6.43. The second-order valence-electron chi connectivity index (χ2n) is 6.03. The SMILES string of the molecule is CC(C)(C)OC(=O)NC(Cc1cc(Cl)c(F)c([N+](=O)[O-])c1O)C(=O)O. The van der Waals surface area contributed by atoms with E-state index in [1.165, 1.54) is 0 Å². The number of carbonyl (C=O) groups is 2. The number of hydrogen-bond donors (Lipinski definition) is 3. The van der Waals surface area contributed by atoms with E-state index in [0.29, 0.717) is 0 Å². The molecule has 0 aliphatic heterocycles. The highest BCUT2D eigenvalue weighted by Gasteiger charge is 2.30. The molecule has 9 nitrogen and oxygen atoms in total. The van der Waals surface area contributed by atoms with Gasteiger partial charge in [-0.05, 0) is 26.8 Å². The van der Waals surface area contributed by atoms with Gasteiger partial charge >= 0.3 is 17.7 Å². The van der Waals surface area contributed by atoms with Crippen LogP contribution in [0.1, 0.15) is 26.3 Å². The Kier molecular flexibility index (Phi) is 6.14. The molecule has 0 radical (unpaired) electrons. The molecule has 1 aromatic carbocycles. The van der Waals surface area contributed by atoms with Crippen LogP contribution in [0.15, 0.2) is 6.07 Å². The molecule has 0 heterocycles. The summed E-state index contributed by atoms with van der Waals surface area (Å²) in [7, 11) is 0. The Bertz CT molecular complexity index is 718. The number of alkyl carbamates (subject to hydrolysis) is 1. The number of carbonyl (C=O) groups excluding carboxylic acids is 1. The summed E-state index contributed by atoms with van der Waals surface area (Å²) in [5.41, 5.74) is -2.47. The normalized spacial score (nSPS) is 12.4. The highest BCUT2D eigenvalue weighted by atomic mass is 35.5. The van der Waals surface area contributed by atoms with Crippen LogP contribution in [0.3, 0.4) is 0 Å². The quantitative estimate of drug-likeness (QED) is 0.528. The van der Waals surface area contributed by atoms with Gasteiger partial charge in [-0.3, -0.25) is 10.1 Å². The van der Waals surface area contributed by atoms with Gasteiger partial charge in [0.15, 0.2) is 0 Å². The number of amides is 1. The largest absolute Gasteiger partial charge is 0.502 e. The number of carboxylic acids is 1. The number of nitro groups is 1. The summed E-state index contributed by atoms with van der Waals surface area (Å²) < 4.78 is 18.6. The van der Waals surface area contributed by atoms with Gasteiger partial charge in [-0.2, -0.15) is 4.39 Å². The van der Waals surface area contributed by atoms with Crippen LogP contribution in [-0.4, -0.2) is 38.8 Å². The Morgan fingerprint density at radius 3 is 2.48 bits per heavy atom. The van der Waals surface area contributed by atoms with E-state index in [2.05, 4.69) is 5.32 Å². The van der Waals surface area contributed by atoms with Crippen LogP contribution in [0.25, 0.3) is 0 Å². The zero-order valence-corrected chi connectivity index (χ0v) is 14.3. The van der Waals surface area contributed by atoms with Gasteiger partial charge in [0, 0.05) is 12.0 Å². The summed E-state index contributed by atoms with van der Waals surface area (Å²) in [6.45, 7) is 4.70. The number of aromatic hydroxyl groups is 1. The fourth-order valence-corrected chi connectivity index (χ4v) is 2.07. The van der Waals surface area contributed by atoms with E-state index >= 15 is 0 Å². The average molecular weight is 379 g/mol. The molecule has 1 atom stereocenters. The molecule has 11 heteroatoms. The molecule has 1 unspecified atom stereocenters. The number of nitrogens with one attached hydrogen (secondary N) is 1. The van der Waals surface area contributed by atoms with Crippen LogP contribution < -0.4 is 5.32 Å². The number of aliphatic carboxylic acids is 1. The number of rotatable bonds is 5. The van der Waals surface area contributed by atoms with Crippen molar-refractivity contribution in [3.8, 4) is 5.75 Å². The average Bonchev–Trinajstić information content (AvgIpc) is 2.41. The van der Waals surface area contributed by atoms with Crippen LogP contribution in [0.2, 0.25) is 5.02 Å². The number of benzene rings is 1. The Hall–Kier alpha value is -2.62. The molecule has 1 amide bonds. The summed E-state index contributed by atoms with van der Waals surface area (Å²) in [5, 5.41) is 31.2. The lowest BCUT2D eigenvalue weighted by Crippen LogP contribution is -2.44. The maximum absolute atomic E-state index is 13.6. The lowest BCUT2D eigenvalue weighted by molar-refractivity contribution is -0.388. The molecule has 0 bridgehead atoms. The standard InChI is InChI=1S/C14H16ClFN2O7/c1-14(2,3)25-13(22)17-8(12(20)21)5-6-4-7(15)9(16)10(11(6)19)18(23)24/h4,8,19H,5H2,1-3H3,(H,17,22)(H,20,21). The summed E-state index contributed by atoms with van der Waals surface area (Å²) in [4.78, 5) is 32.6. The van der Waals surface area contributed by atoms with Crippen LogP contribution in [0.5, 0.6) is 5.75 Å². The zero-order valence-electron chi connectivity index (χ0n) is 13.5. The summed E-state index contributed by atoms with van der Waals surface area (Å²) >= 11 is 5.54. The third-order valence-electron chi connectivity index (χ3n) is 2.84. The highest BCUT2D eigenvalue weighted by Crippen LogP contribution is 2.37. The molecule has 0 aliphatic carbocycles. The Morgan fingerprint density at radius 2 is 2.04 bits per heavy atom. The first-order chi connectivity index (χ1) is 11.3. The van der Waals surface area contributed by atoms with Crippen molar-refractivity contribution in [2.45, 2.75) is 38.8 Å².